The lowest BCUT2D eigenvalue weighted by molar-refractivity contribution is -0.122. The summed E-state index contributed by atoms with van der Waals surface area (Å²) in [5, 5.41) is 8.66. The van der Waals surface area contributed by atoms with Gasteiger partial charge in [-0.15, -0.1) is 0 Å². The molecule has 0 spiro atoms. The van der Waals surface area contributed by atoms with Gasteiger partial charge in [0, 0.05) is 12.5 Å². The molecule has 1 atom stereocenters. The number of nitrogens with one attached hydrogen (secondary N) is 3. The van der Waals surface area contributed by atoms with Gasteiger partial charge >= 0.3 is 0 Å². The van der Waals surface area contributed by atoms with Crippen molar-refractivity contribution in [2.45, 2.75) is 61.8 Å². The van der Waals surface area contributed by atoms with E-state index in [9.17, 15) is 4.79 Å². The number of thiocarbonyl (C=S) groups is 1. The monoisotopic (exact) mass is 497 g/mol. The summed E-state index contributed by atoms with van der Waals surface area (Å²) in [4.78, 5) is 12.3. The lowest BCUT2D eigenvalue weighted by Gasteiger charge is -2.28. The maximum atomic E-state index is 12.3. The molecule has 1 aromatic rings. The van der Waals surface area contributed by atoms with Gasteiger partial charge in [-0.25, -0.2) is 0 Å². The summed E-state index contributed by atoms with van der Waals surface area (Å²) in [5.74, 6) is 0.958. The minimum absolute atomic E-state index is 0.151. The lowest BCUT2D eigenvalue weighted by atomic mass is 10.1. The molecule has 0 aromatic heterocycles. The van der Waals surface area contributed by atoms with E-state index in [-0.39, 0.29) is 11.0 Å². The molecule has 1 amide bonds. The van der Waals surface area contributed by atoms with Crippen molar-refractivity contribution in [3.05, 3.63) is 18.2 Å². The third-order valence-electron chi connectivity index (χ3n) is 4.32. The molecule has 0 saturated carbocycles. The number of alkyl halides is 3. The average molecular weight is 499 g/mol. The molecule has 30 heavy (non-hydrogen) atoms. The average Bonchev–Trinajstić information content (AvgIpc) is 2.69. The topological polar surface area (TPSA) is 71.6 Å². The van der Waals surface area contributed by atoms with E-state index >= 15 is 0 Å². The molecule has 0 bridgehead atoms. The van der Waals surface area contributed by atoms with Crippen LogP contribution < -0.4 is 25.4 Å². The predicted octanol–water partition coefficient (Wildman–Crippen LogP) is 5.55. The van der Waals surface area contributed by atoms with Crippen LogP contribution in [0.3, 0.4) is 0 Å². The van der Waals surface area contributed by atoms with Gasteiger partial charge in [0.15, 0.2) is 5.11 Å². The predicted molar refractivity (Wildman–Crippen MR) is 129 cm³/mol. The number of hydrogen-bond donors (Lipinski definition) is 3. The number of halogens is 3. The second-order valence-electron chi connectivity index (χ2n) is 6.72. The Kier molecular flexibility index (Phi) is 12.6. The maximum absolute atomic E-state index is 12.3. The van der Waals surface area contributed by atoms with Crippen molar-refractivity contribution in [3.63, 3.8) is 0 Å². The number of unbranched alkanes of at least 4 members (excludes halogenated alkanes) is 5. The number of benzene rings is 1. The molecular formula is C20H30Cl3N3O3S. The Morgan fingerprint density at radius 3 is 2.33 bits per heavy atom. The number of carbonyl (C=O) groups excluding carboxylic acids is 1. The Morgan fingerprint density at radius 2 is 1.73 bits per heavy atom. The fourth-order valence-electron chi connectivity index (χ4n) is 2.70. The van der Waals surface area contributed by atoms with Gasteiger partial charge in [0.1, 0.15) is 17.7 Å². The summed E-state index contributed by atoms with van der Waals surface area (Å²) >= 11 is 23.4. The first-order chi connectivity index (χ1) is 14.2. The summed E-state index contributed by atoms with van der Waals surface area (Å²) in [6, 6.07) is 5.21. The first kappa shape index (κ1) is 26.9. The molecule has 6 nitrogen and oxygen atoms in total. The highest BCUT2D eigenvalue weighted by molar-refractivity contribution is 7.80. The van der Waals surface area contributed by atoms with Gasteiger partial charge < -0.3 is 25.4 Å². The second-order valence-corrected chi connectivity index (χ2v) is 9.50. The van der Waals surface area contributed by atoms with E-state index in [4.69, 9.17) is 56.5 Å². The standard InChI is InChI=1S/C20H30Cl3N3O3S/c1-4-5-6-7-8-9-10-17(27)25-18(20(21,22)23)26-19(30)24-15-13-14(28-2)11-12-16(15)29-3/h11-13,18H,4-10H2,1-3H3,(H,25,27)(H2,24,26,30). The van der Waals surface area contributed by atoms with Crippen LogP contribution in [0.5, 0.6) is 11.5 Å². The zero-order chi connectivity index (χ0) is 22.6. The smallest absolute Gasteiger partial charge is 0.228 e. The van der Waals surface area contributed by atoms with E-state index in [2.05, 4.69) is 22.9 Å². The third kappa shape index (κ3) is 10.2. The summed E-state index contributed by atoms with van der Waals surface area (Å²) in [7, 11) is 3.09. The number of methoxy groups -OCH3 is 2. The Bertz CT molecular complexity index is 687. The largest absolute Gasteiger partial charge is 0.497 e. The van der Waals surface area contributed by atoms with Crippen molar-refractivity contribution < 1.29 is 14.3 Å². The fourth-order valence-corrected chi connectivity index (χ4v) is 3.26. The Morgan fingerprint density at radius 1 is 1.07 bits per heavy atom. The van der Waals surface area contributed by atoms with Crippen molar-refractivity contribution in [3.8, 4) is 11.5 Å². The number of rotatable bonds is 12. The number of carbonyl (C=O) groups is 1. The molecule has 0 aliphatic rings. The first-order valence-corrected chi connectivity index (χ1v) is 11.4. The van der Waals surface area contributed by atoms with E-state index in [1.165, 1.54) is 26.4 Å². The van der Waals surface area contributed by atoms with Crippen LogP contribution in [0.1, 0.15) is 51.9 Å². The molecule has 1 aromatic carbocycles. The van der Waals surface area contributed by atoms with Crippen LogP contribution in [0.15, 0.2) is 18.2 Å². The van der Waals surface area contributed by atoms with Crippen LogP contribution in [0.4, 0.5) is 5.69 Å². The fraction of sp³-hybridized carbons (Fsp3) is 0.600. The van der Waals surface area contributed by atoms with Gasteiger partial charge in [-0.1, -0.05) is 73.8 Å². The van der Waals surface area contributed by atoms with Crippen molar-refractivity contribution in [1.29, 1.82) is 0 Å². The molecule has 170 valence electrons. The van der Waals surface area contributed by atoms with Crippen LogP contribution in [-0.4, -0.2) is 35.2 Å². The highest BCUT2D eigenvalue weighted by Gasteiger charge is 2.34. The molecular weight excluding hydrogens is 469 g/mol. The minimum atomic E-state index is -1.80. The SMILES string of the molecule is CCCCCCCCC(=O)NC(NC(=S)Nc1cc(OC)ccc1OC)C(Cl)(Cl)Cl. The quantitative estimate of drug-likeness (QED) is 0.152. The number of anilines is 1. The highest BCUT2D eigenvalue weighted by Crippen LogP contribution is 2.31. The van der Waals surface area contributed by atoms with Crippen LogP contribution in [-0.2, 0) is 4.79 Å². The Labute approximate surface area is 199 Å². The van der Waals surface area contributed by atoms with Crippen LogP contribution in [0, 0.1) is 0 Å². The van der Waals surface area contributed by atoms with E-state index in [1.807, 2.05) is 0 Å². The van der Waals surface area contributed by atoms with Gasteiger partial charge in [-0.05, 0) is 30.8 Å². The molecule has 0 aliphatic heterocycles. The highest BCUT2D eigenvalue weighted by atomic mass is 35.6. The molecule has 0 saturated heterocycles. The summed E-state index contributed by atoms with van der Waals surface area (Å²) in [6.07, 6.45) is 5.83. The summed E-state index contributed by atoms with van der Waals surface area (Å²) in [5.41, 5.74) is 0.566. The van der Waals surface area contributed by atoms with E-state index in [1.54, 1.807) is 25.3 Å². The molecule has 1 unspecified atom stereocenters. The van der Waals surface area contributed by atoms with E-state index in [0.717, 1.165) is 19.3 Å². The van der Waals surface area contributed by atoms with Crippen LogP contribution in [0.25, 0.3) is 0 Å². The molecule has 0 fully saturated rings. The summed E-state index contributed by atoms with van der Waals surface area (Å²) < 4.78 is 8.72. The Hall–Kier alpha value is -1.15. The number of ether oxygens (including phenoxy) is 2. The minimum Gasteiger partial charge on any atom is -0.497 e. The second kappa shape index (κ2) is 14.0. The van der Waals surface area contributed by atoms with Gasteiger partial charge in [-0.3, -0.25) is 4.79 Å². The van der Waals surface area contributed by atoms with Gasteiger partial charge in [0.25, 0.3) is 0 Å². The van der Waals surface area contributed by atoms with Gasteiger partial charge in [0.05, 0.1) is 19.9 Å². The number of amides is 1. The first-order valence-electron chi connectivity index (χ1n) is 9.86. The molecule has 0 heterocycles. The molecule has 0 radical (unpaired) electrons. The number of hydrogen-bond acceptors (Lipinski definition) is 4. The van der Waals surface area contributed by atoms with Gasteiger partial charge in [-0.2, -0.15) is 0 Å². The normalized spacial score (nSPS) is 12.1. The zero-order valence-electron chi connectivity index (χ0n) is 17.5. The zero-order valence-corrected chi connectivity index (χ0v) is 20.6. The summed E-state index contributed by atoms with van der Waals surface area (Å²) in [6.45, 7) is 2.17. The maximum Gasteiger partial charge on any atom is 0.228 e. The van der Waals surface area contributed by atoms with Crippen LogP contribution >= 0.6 is 47.0 Å². The van der Waals surface area contributed by atoms with Gasteiger partial charge in [0.2, 0.25) is 9.70 Å². The van der Waals surface area contributed by atoms with E-state index < -0.39 is 9.96 Å². The van der Waals surface area contributed by atoms with Crippen molar-refractivity contribution in [2.75, 3.05) is 19.5 Å². The third-order valence-corrected chi connectivity index (χ3v) is 5.19. The molecule has 0 aliphatic carbocycles. The van der Waals surface area contributed by atoms with Crippen molar-refractivity contribution in [1.82, 2.24) is 10.6 Å². The lowest BCUT2D eigenvalue weighted by Crippen LogP contribution is -2.56. The van der Waals surface area contributed by atoms with Crippen molar-refractivity contribution in [2.24, 2.45) is 0 Å². The molecule has 1 rings (SSSR count). The Balaban J connectivity index is 2.64. The van der Waals surface area contributed by atoms with Crippen molar-refractivity contribution >= 4 is 63.7 Å². The van der Waals surface area contributed by atoms with E-state index in [0.29, 0.717) is 23.6 Å². The molecule has 3 N–H and O–H groups in total. The van der Waals surface area contributed by atoms with Crippen LogP contribution in [0.2, 0.25) is 0 Å². The molecule has 10 heteroatoms.